The minimum atomic E-state index is -5.76. The molecule has 7 N–H and O–H groups in total. The van der Waals surface area contributed by atoms with Crippen LogP contribution in [0.25, 0.3) is 0 Å². The Bertz CT molecular complexity index is 1150. The highest BCUT2D eigenvalue weighted by Gasteiger charge is 2.51. The van der Waals surface area contributed by atoms with Gasteiger partial charge in [0, 0.05) is 0 Å². The molecule has 0 aliphatic carbocycles. The molecule has 1 saturated heterocycles. The Morgan fingerprint density at radius 2 is 1.73 bits per heavy atom. The average Bonchev–Trinajstić information content (AvgIpc) is 3.07. The number of carbonyl (C=O) groups excluding carboxylic acids is 1. The molecule has 0 bridgehead atoms. The second-order valence-corrected chi connectivity index (χ2v) is 11.2. The van der Waals surface area contributed by atoms with Gasteiger partial charge in [0.25, 0.3) is 5.56 Å². The number of phosphoric acid groups is 3. The van der Waals surface area contributed by atoms with Crippen molar-refractivity contribution in [3.63, 3.8) is 0 Å². The molecule has 1 aromatic rings. The Balaban J connectivity index is 1.72. The Morgan fingerprint density at radius 3 is 2.33 bits per heavy atom. The first kappa shape index (κ1) is 26.2. The Hall–Kier alpha value is -1.36. The Labute approximate surface area is 183 Å². The first-order chi connectivity index (χ1) is 15.0. The van der Waals surface area contributed by atoms with Gasteiger partial charge < -0.3 is 39.5 Å². The van der Waals surface area contributed by atoms with E-state index in [1.54, 1.807) is 0 Å². The van der Waals surface area contributed by atoms with Crippen LogP contribution in [0.15, 0.2) is 4.79 Å². The zero-order chi connectivity index (χ0) is 24.9. The van der Waals surface area contributed by atoms with E-state index in [4.69, 9.17) is 19.4 Å². The lowest BCUT2D eigenvalue weighted by molar-refractivity contribution is -0.121. The predicted octanol–water partition coefficient (Wildman–Crippen LogP) is -2.24. The molecule has 3 heterocycles. The molecule has 1 amide bonds. The highest BCUT2D eigenvalue weighted by Crippen LogP contribution is 2.66. The molecule has 0 aromatic carbocycles. The van der Waals surface area contributed by atoms with Crippen LogP contribution in [0.2, 0.25) is 0 Å². The number of aromatic nitrogens is 2. The number of hydrogen-bond acceptors (Lipinski definition) is 12. The fourth-order valence-corrected chi connectivity index (χ4v) is 6.15. The number of aliphatic hydroxyl groups excluding tert-OH is 2. The minimum Gasteiger partial charge on any atom is -0.387 e. The van der Waals surface area contributed by atoms with E-state index in [9.17, 15) is 38.4 Å². The Morgan fingerprint density at radius 1 is 1.09 bits per heavy atom. The van der Waals surface area contributed by atoms with Crippen molar-refractivity contribution in [2.45, 2.75) is 37.9 Å². The monoisotopic (exact) mass is 537 g/mol. The maximum absolute atomic E-state index is 12.4. The van der Waals surface area contributed by atoms with Crippen molar-refractivity contribution in [2.75, 3.05) is 11.5 Å². The van der Waals surface area contributed by atoms with E-state index in [0.717, 1.165) is 4.90 Å². The standard InChI is InChI=1S/C12H18N3O15P3/c1-4-13-10-5(11(19)14-4)2-7(16)15(10)12-9(18)8(17)6(28-12)3-27-32(23,24)30-33(25,26)29-31(20,21)22/h6,8-9,12,17-18H,2-3H2,1H3,(H,23,24)(H,25,26)(H,13,14,19)(H2,20,21,22). The molecule has 186 valence electrons. The van der Waals surface area contributed by atoms with Crippen molar-refractivity contribution in [1.29, 1.82) is 0 Å². The summed E-state index contributed by atoms with van der Waals surface area (Å²) in [5.74, 6) is -0.667. The summed E-state index contributed by atoms with van der Waals surface area (Å²) < 4.78 is 50.6. The van der Waals surface area contributed by atoms with Gasteiger partial charge in [0.2, 0.25) is 5.91 Å². The minimum absolute atomic E-state index is 0.00685. The predicted molar refractivity (Wildman–Crippen MR) is 101 cm³/mol. The van der Waals surface area contributed by atoms with Crippen LogP contribution in [0.1, 0.15) is 11.4 Å². The smallest absolute Gasteiger partial charge is 0.387 e. The van der Waals surface area contributed by atoms with Crippen LogP contribution >= 0.6 is 23.5 Å². The summed E-state index contributed by atoms with van der Waals surface area (Å²) in [6.45, 7) is 0.379. The molecule has 0 saturated carbocycles. The quantitative estimate of drug-likeness (QED) is 0.173. The van der Waals surface area contributed by atoms with Crippen LogP contribution in [0, 0.1) is 6.92 Å². The highest BCUT2D eigenvalue weighted by atomic mass is 31.3. The fourth-order valence-electron chi connectivity index (χ4n) is 3.12. The Kier molecular flexibility index (Phi) is 7.17. The lowest BCUT2D eigenvalue weighted by atomic mass is 10.1. The van der Waals surface area contributed by atoms with E-state index in [0.29, 0.717) is 0 Å². The number of nitrogens with zero attached hydrogens (tertiary/aromatic N) is 2. The maximum atomic E-state index is 12.4. The van der Waals surface area contributed by atoms with Gasteiger partial charge in [-0.2, -0.15) is 8.62 Å². The average molecular weight is 537 g/mol. The zero-order valence-corrected chi connectivity index (χ0v) is 19.0. The summed E-state index contributed by atoms with van der Waals surface area (Å²) in [6.07, 6.45) is -7.17. The number of aromatic amines is 1. The van der Waals surface area contributed by atoms with Crippen molar-refractivity contribution in [3.05, 3.63) is 21.7 Å². The van der Waals surface area contributed by atoms with Crippen LogP contribution in [0.3, 0.4) is 0 Å². The molecule has 1 aromatic heterocycles. The number of amides is 1. The van der Waals surface area contributed by atoms with Gasteiger partial charge >= 0.3 is 23.5 Å². The van der Waals surface area contributed by atoms with Crippen LogP contribution < -0.4 is 10.5 Å². The first-order valence-corrected chi connectivity index (χ1v) is 13.2. The van der Waals surface area contributed by atoms with Gasteiger partial charge in [-0.05, 0) is 6.92 Å². The number of phosphoric ester groups is 1. The molecule has 21 heteroatoms. The van der Waals surface area contributed by atoms with Crippen molar-refractivity contribution in [3.8, 4) is 0 Å². The maximum Gasteiger partial charge on any atom is 0.490 e. The molecular weight excluding hydrogens is 519 g/mol. The molecular formula is C12H18N3O15P3. The number of carbonyl (C=O) groups is 1. The SMILES string of the molecule is Cc1nc2c(c(=O)[nH]1)CC(=O)N2C1OC(COP(=O)(O)OP(=O)(O)OP(=O)(O)O)C(O)C1O. The van der Waals surface area contributed by atoms with Crippen LogP contribution in [-0.2, 0) is 42.8 Å². The third-order valence-corrected chi connectivity index (χ3v) is 8.15. The summed E-state index contributed by atoms with van der Waals surface area (Å²) in [4.78, 5) is 67.4. The largest absolute Gasteiger partial charge is 0.490 e. The molecule has 6 atom stereocenters. The third-order valence-electron chi connectivity index (χ3n) is 4.35. The second kappa shape index (κ2) is 9.02. The number of ether oxygens (including phenoxy) is 1. The van der Waals surface area contributed by atoms with Crippen LogP contribution in [0.4, 0.5) is 5.82 Å². The van der Waals surface area contributed by atoms with Gasteiger partial charge in [-0.3, -0.25) is 19.0 Å². The second-order valence-electron chi connectivity index (χ2n) is 6.83. The molecule has 2 aliphatic heterocycles. The van der Waals surface area contributed by atoms with Crippen molar-refractivity contribution >= 4 is 35.2 Å². The zero-order valence-electron chi connectivity index (χ0n) is 16.3. The number of anilines is 1. The molecule has 33 heavy (non-hydrogen) atoms. The van der Waals surface area contributed by atoms with Crippen molar-refractivity contribution in [1.82, 2.24) is 9.97 Å². The molecule has 2 aliphatic rings. The van der Waals surface area contributed by atoms with Gasteiger partial charge in [0.1, 0.15) is 30.0 Å². The number of fused-ring (bicyclic) bond motifs is 1. The number of aliphatic hydroxyl groups is 2. The number of H-pyrrole nitrogens is 1. The van der Waals surface area contributed by atoms with E-state index >= 15 is 0 Å². The molecule has 1 fully saturated rings. The topological polar surface area (TPSA) is 276 Å². The van der Waals surface area contributed by atoms with Gasteiger partial charge in [-0.1, -0.05) is 0 Å². The molecule has 6 unspecified atom stereocenters. The summed E-state index contributed by atoms with van der Waals surface area (Å²) in [5.41, 5.74) is -0.599. The fraction of sp³-hybridized carbons (Fsp3) is 0.583. The van der Waals surface area contributed by atoms with Gasteiger partial charge in [0.05, 0.1) is 18.6 Å². The molecule has 3 rings (SSSR count). The van der Waals surface area contributed by atoms with E-state index in [1.165, 1.54) is 6.92 Å². The number of nitrogens with one attached hydrogen (secondary N) is 1. The van der Waals surface area contributed by atoms with Gasteiger partial charge in [-0.25, -0.2) is 18.7 Å². The number of aryl methyl sites for hydroxylation is 1. The van der Waals surface area contributed by atoms with Crippen LogP contribution in [0.5, 0.6) is 0 Å². The lowest BCUT2D eigenvalue weighted by Crippen LogP contribution is -2.46. The highest BCUT2D eigenvalue weighted by molar-refractivity contribution is 7.66. The van der Waals surface area contributed by atoms with E-state index in [-0.39, 0.29) is 23.6 Å². The number of hydrogen-bond donors (Lipinski definition) is 7. The van der Waals surface area contributed by atoms with E-state index in [2.05, 4.69) is 23.1 Å². The van der Waals surface area contributed by atoms with Gasteiger partial charge in [0.15, 0.2) is 6.23 Å². The molecule has 18 nitrogen and oxygen atoms in total. The van der Waals surface area contributed by atoms with Crippen molar-refractivity contribution < 1.29 is 66.2 Å². The number of rotatable bonds is 8. The summed E-state index contributed by atoms with van der Waals surface area (Å²) in [7, 11) is -16.9. The van der Waals surface area contributed by atoms with Crippen molar-refractivity contribution in [2.24, 2.45) is 0 Å². The summed E-state index contributed by atoms with van der Waals surface area (Å²) in [6, 6.07) is 0. The van der Waals surface area contributed by atoms with Crippen LogP contribution in [-0.4, -0.2) is 76.8 Å². The van der Waals surface area contributed by atoms with E-state index in [1.807, 2.05) is 0 Å². The normalized spacial score (nSPS) is 29.1. The summed E-state index contributed by atoms with van der Waals surface area (Å²) >= 11 is 0. The third kappa shape index (κ3) is 6.01. The van der Waals surface area contributed by atoms with Gasteiger partial charge in [-0.15, -0.1) is 0 Å². The summed E-state index contributed by atoms with van der Waals surface area (Å²) in [5, 5.41) is 20.5. The van der Waals surface area contributed by atoms with E-state index < -0.39 is 66.1 Å². The molecule has 0 spiro atoms. The lowest BCUT2D eigenvalue weighted by Gasteiger charge is -2.26. The molecule has 0 radical (unpaired) electrons. The first-order valence-electron chi connectivity index (χ1n) is 8.71.